The molecule has 15 heteroatoms. The molecule has 0 aliphatic heterocycles. The number of nitrogens with zero attached hydrogens (tertiary/aromatic N) is 5. The number of alkyl halides is 6. The van der Waals surface area contributed by atoms with Gasteiger partial charge >= 0.3 is 12.4 Å². The second kappa shape index (κ2) is 10.1. The molecule has 0 saturated carbocycles. The van der Waals surface area contributed by atoms with Crippen LogP contribution in [0.4, 0.5) is 26.3 Å². The summed E-state index contributed by atoms with van der Waals surface area (Å²) in [5.74, 6) is -3.81. The molecule has 3 aromatic carbocycles. The maximum atomic E-state index is 13.3. The van der Waals surface area contributed by atoms with E-state index in [-0.39, 0.29) is 9.37 Å². The predicted molar refractivity (Wildman–Crippen MR) is 133 cm³/mol. The lowest BCUT2D eigenvalue weighted by molar-refractivity contribution is -0.153. The molecule has 2 aromatic heterocycles. The van der Waals surface area contributed by atoms with E-state index in [9.17, 15) is 34.8 Å². The van der Waals surface area contributed by atoms with Crippen LogP contribution in [0.3, 0.4) is 0 Å². The molecule has 0 saturated heterocycles. The van der Waals surface area contributed by atoms with Crippen molar-refractivity contribution in [2.24, 2.45) is 4.40 Å². The van der Waals surface area contributed by atoms with Crippen molar-refractivity contribution in [3.05, 3.63) is 107 Å². The zero-order chi connectivity index (χ0) is 28.7. The molecule has 0 N–H and O–H groups in total. The summed E-state index contributed by atoms with van der Waals surface area (Å²) in [6, 6.07) is 21.3. The van der Waals surface area contributed by atoms with Crippen molar-refractivity contribution >= 4 is 21.4 Å². The van der Waals surface area contributed by atoms with Crippen molar-refractivity contribution in [2.75, 3.05) is 0 Å². The molecule has 0 spiro atoms. The van der Waals surface area contributed by atoms with Gasteiger partial charge < -0.3 is 0 Å². The number of hydrogen-bond acceptors (Lipinski definition) is 5. The van der Waals surface area contributed by atoms with Gasteiger partial charge in [0.15, 0.2) is 0 Å². The van der Waals surface area contributed by atoms with Crippen LogP contribution in [-0.2, 0) is 22.4 Å². The van der Waals surface area contributed by atoms with Gasteiger partial charge in [-0.1, -0.05) is 48.5 Å². The first-order chi connectivity index (χ1) is 18.9. The third kappa shape index (κ3) is 5.29. The minimum absolute atomic E-state index is 0.0756. The minimum atomic E-state index is -5.25. The molecule has 5 aromatic rings. The van der Waals surface area contributed by atoms with Gasteiger partial charge in [0.2, 0.25) is 16.5 Å². The maximum absolute atomic E-state index is 13.3. The third-order valence-corrected chi connectivity index (χ3v) is 7.78. The van der Waals surface area contributed by atoms with E-state index in [4.69, 9.17) is 0 Å². The Morgan fingerprint density at radius 1 is 0.675 bits per heavy atom. The fraction of sp³-hybridized carbons (Fsp3) is 0.0800. The molecule has 0 fully saturated rings. The molecule has 0 aliphatic carbocycles. The van der Waals surface area contributed by atoms with Crippen LogP contribution in [-0.4, -0.2) is 27.7 Å². The van der Waals surface area contributed by atoms with Crippen LogP contribution in [0.2, 0.25) is 0 Å². The van der Waals surface area contributed by atoms with Crippen molar-refractivity contribution in [3.8, 4) is 22.6 Å². The predicted octanol–water partition coefficient (Wildman–Crippen LogP) is 6.11. The molecule has 0 aliphatic rings. The van der Waals surface area contributed by atoms with E-state index in [1.54, 1.807) is 40.3 Å². The highest BCUT2D eigenvalue weighted by atomic mass is 32.2. The van der Waals surface area contributed by atoms with E-state index in [1.165, 1.54) is 0 Å². The Bertz CT molecular complexity index is 1790. The smallest absolute Gasteiger partial charge is 0.284 e. The SMILES string of the molecule is O=S(=O)(/N=c1/scc(-c2ccccc2)n1-c1ccccc1)c1ccc(-n2c(C(F)(F)F)nnc2C(F)(F)F)cc1. The first-order valence-corrected chi connectivity index (χ1v) is 13.5. The van der Waals surface area contributed by atoms with E-state index < -0.39 is 44.6 Å². The summed E-state index contributed by atoms with van der Waals surface area (Å²) < 4.78 is 112. The van der Waals surface area contributed by atoms with Crippen LogP contribution in [0.25, 0.3) is 22.6 Å². The number of hydrogen-bond donors (Lipinski definition) is 0. The van der Waals surface area contributed by atoms with Gasteiger partial charge in [-0.25, -0.2) is 0 Å². The molecule has 0 unspecified atom stereocenters. The van der Waals surface area contributed by atoms with Crippen molar-refractivity contribution in [3.63, 3.8) is 0 Å². The van der Waals surface area contributed by atoms with Gasteiger partial charge in [-0.05, 0) is 42.0 Å². The van der Waals surface area contributed by atoms with Crippen molar-refractivity contribution in [1.29, 1.82) is 0 Å². The van der Waals surface area contributed by atoms with Crippen LogP contribution < -0.4 is 4.80 Å². The number of benzene rings is 3. The van der Waals surface area contributed by atoms with Gasteiger partial charge in [-0.15, -0.1) is 25.9 Å². The zero-order valence-corrected chi connectivity index (χ0v) is 21.4. The topological polar surface area (TPSA) is 82.1 Å². The average Bonchev–Trinajstić information content (AvgIpc) is 3.55. The summed E-state index contributed by atoms with van der Waals surface area (Å²) in [5.41, 5.74) is 1.44. The molecule has 2 heterocycles. The summed E-state index contributed by atoms with van der Waals surface area (Å²) in [5, 5.41) is 7.03. The van der Waals surface area contributed by atoms with Crippen molar-refractivity contribution in [2.45, 2.75) is 17.2 Å². The lowest BCUT2D eigenvalue weighted by atomic mass is 10.1. The van der Waals surface area contributed by atoms with E-state index in [0.29, 0.717) is 11.4 Å². The van der Waals surface area contributed by atoms with E-state index in [0.717, 1.165) is 41.2 Å². The zero-order valence-electron chi connectivity index (χ0n) is 19.8. The fourth-order valence-corrected chi connectivity index (χ4v) is 5.94. The normalized spacial score (nSPS) is 13.1. The molecular weight excluding hydrogens is 580 g/mol. The average molecular weight is 596 g/mol. The second-order valence-corrected chi connectivity index (χ2v) is 10.6. The molecular formula is C25H15F6N5O2S2. The minimum Gasteiger partial charge on any atom is -0.284 e. The van der Waals surface area contributed by atoms with Crippen LogP contribution in [0.15, 0.2) is 99.6 Å². The molecule has 206 valence electrons. The lowest BCUT2D eigenvalue weighted by Crippen LogP contribution is -2.19. The first kappa shape index (κ1) is 27.3. The first-order valence-electron chi connectivity index (χ1n) is 11.2. The molecule has 5 rings (SSSR count). The highest BCUT2D eigenvalue weighted by Gasteiger charge is 2.45. The Morgan fingerprint density at radius 2 is 1.18 bits per heavy atom. The molecule has 0 radical (unpaired) electrons. The Labute approximate surface area is 226 Å². The highest BCUT2D eigenvalue weighted by Crippen LogP contribution is 2.36. The molecule has 0 atom stereocenters. The Balaban J connectivity index is 1.61. The monoisotopic (exact) mass is 595 g/mol. The van der Waals surface area contributed by atoms with E-state index >= 15 is 0 Å². The number of aromatic nitrogens is 4. The summed E-state index contributed by atoms with van der Waals surface area (Å²) in [6.07, 6.45) is -10.5. The Hall–Kier alpha value is -4.24. The van der Waals surface area contributed by atoms with Gasteiger partial charge in [-0.2, -0.15) is 34.8 Å². The summed E-state index contributed by atoms with van der Waals surface area (Å²) in [4.78, 5) is -0.368. The number of sulfonamides is 1. The van der Waals surface area contributed by atoms with E-state index in [2.05, 4.69) is 14.6 Å². The molecule has 7 nitrogen and oxygen atoms in total. The van der Waals surface area contributed by atoms with Gasteiger partial charge in [0.1, 0.15) is 0 Å². The number of rotatable bonds is 5. The van der Waals surface area contributed by atoms with Crippen molar-refractivity contribution in [1.82, 2.24) is 19.3 Å². The maximum Gasteiger partial charge on any atom is 0.452 e. The lowest BCUT2D eigenvalue weighted by Gasteiger charge is -2.13. The summed E-state index contributed by atoms with van der Waals surface area (Å²) in [7, 11) is -4.45. The van der Waals surface area contributed by atoms with Gasteiger partial charge in [-0.3, -0.25) is 9.13 Å². The van der Waals surface area contributed by atoms with Gasteiger partial charge in [0.25, 0.3) is 10.0 Å². The quantitative estimate of drug-likeness (QED) is 0.230. The Kier molecular flexibility index (Phi) is 6.87. The van der Waals surface area contributed by atoms with Crippen LogP contribution >= 0.6 is 11.3 Å². The largest absolute Gasteiger partial charge is 0.452 e. The van der Waals surface area contributed by atoms with Crippen molar-refractivity contribution < 1.29 is 34.8 Å². The van der Waals surface area contributed by atoms with Crippen LogP contribution in [0, 0.1) is 0 Å². The van der Waals surface area contributed by atoms with Gasteiger partial charge in [0, 0.05) is 16.8 Å². The fourth-order valence-electron chi connectivity index (χ4n) is 3.83. The summed E-state index contributed by atoms with van der Waals surface area (Å²) in [6.45, 7) is 0. The molecule has 40 heavy (non-hydrogen) atoms. The third-order valence-electron chi connectivity index (χ3n) is 5.55. The highest BCUT2D eigenvalue weighted by molar-refractivity contribution is 7.90. The standard InChI is InChI=1S/C25H15F6N5O2S2/c26-24(27,28)21-32-33-22(25(29,30)31)36(21)18-11-13-19(14-12-18)40(37,38)34-23-35(17-9-5-2-6-10-17)20(15-39-23)16-7-3-1-4-8-16/h1-15H/b34-23+. The number of halogens is 6. The van der Waals surface area contributed by atoms with Crippen LogP contribution in [0.5, 0.6) is 0 Å². The molecule has 0 amide bonds. The molecule has 0 bridgehead atoms. The van der Waals surface area contributed by atoms with Crippen LogP contribution in [0.1, 0.15) is 11.6 Å². The number of thiazole rings is 1. The number of para-hydroxylation sites is 1. The van der Waals surface area contributed by atoms with Gasteiger partial charge in [0.05, 0.1) is 10.6 Å². The summed E-state index contributed by atoms with van der Waals surface area (Å²) >= 11 is 1.04. The second-order valence-electron chi connectivity index (χ2n) is 8.18. The Morgan fingerprint density at radius 3 is 1.70 bits per heavy atom. The van der Waals surface area contributed by atoms with E-state index in [1.807, 2.05) is 30.3 Å².